The van der Waals surface area contributed by atoms with E-state index in [1.807, 2.05) is 27.7 Å². The predicted octanol–water partition coefficient (Wildman–Crippen LogP) is 3.36. The highest BCUT2D eigenvalue weighted by molar-refractivity contribution is 5.59. The number of anilines is 1. The smallest absolute Gasteiger partial charge is 0.312 e. The van der Waals surface area contributed by atoms with Crippen LogP contribution in [-0.4, -0.2) is 29.3 Å². The molecule has 0 radical (unpaired) electrons. The number of ether oxygens (including phenoxy) is 2. The molecule has 2 rings (SSSR count). The SMILES string of the molecule is COc1ccc(NC2CC(C)(C)OC2(C)C)cc1[N+](=O)[O-]. The van der Waals surface area contributed by atoms with Gasteiger partial charge in [-0.15, -0.1) is 0 Å². The Morgan fingerprint density at radius 2 is 2.05 bits per heavy atom. The van der Waals surface area contributed by atoms with Crippen LogP contribution in [0.4, 0.5) is 11.4 Å². The van der Waals surface area contributed by atoms with Gasteiger partial charge in [-0.05, 0) is 46.2 Å². The normalized spacial score (nSPS) is 22.8. The third-order valence-electron chi connectivity index (χ3n) is 3.79. The summed E-state index contributed by atoms with van der Waals surface area (Å²) in [6, 6.07) is 4.97. The molecule has 0 bridgehead atoms. The van der Waals surface area contributed by atoms with Crippen molar-refractivity contribution in [2.45, 2.75) is 51.4 Å². The average Bonchev–Trinajstić information content (AvgIpc) is 2.56. The summed E-state index contributed by atoms with van der Waals surface area (Å²) in [5, 5.41) is 14.4. The molecule has 1 fully saturated rings. The van der Waals surface area contributed by atoms with Gasteiger partial charge < -0.3 is 14.8 Å². The lowest BCUT2D eigenvalue weighted by Gasteiger charge is -2.28. The number of nitro benzene ring substituents is 1. The van der Waals surface area contributed by atoms with E-state index in [9.17, 15) is 10.1 Å². The second-order valence-electron chi connectivity index (χ2n) is 6.51. The fourth-order valence-corrected chi connectivity index (χ4v) is 2.91. The molecular formula is C15H22N2O4. The van der Waals surface area contributed by atoms with Crippen molar-refractivity contribution >= 4 is 11.4 Å². The van der Waals surface area contributed by atoms with E-state index < -0.39 is 4.92 Å². The number of benzene rings is 1. The number of hydrogen-bond donors (Lipinski definition) is 1. The second kappa shape index (κ2) is 5.18. The Bertz CT molecular complexity index is 555. The maximum atomic E-state index is 11.1. The van der Waals surface area contributed by atoms with Crippen molar-refractivity contribution < 1.29 is 14.4 Å². The maximum Gasteiger partial charge on any atom is 0.312 e. The summed E-state index contributed by atoms with van der Waals surface area (Å²) in [5.41, 5.74) is 0.109. The first-order valence-corrected chi connectivity index (χ1v) is 6.94. The van der Waals surface area contributed by atoms with Crippen LogP contribution in [0.15, 0.2) is 18.2 Å². The van der Waals surface area contributed by atoms with Crippen molar-refractivity contribution in [2.24, 2.45) is 0 Å². The quantitative estimate of drug-likeness (QED) is 0.681. The van der Waals surface area contributed by atoms with Gasteiger partial charge in [-0.3, -0.25) is 10.1 Å². The van der Waals surface area contributed by atoms with Crippen LogP contribution in [0.1, 0.15) is 34.1 Å². The summed E-state index contributed by atoms with van der Waals surface area (Å²) >= 11 is 0. The lowest BCUT2D eigenvalue weighted by Crippen LogP contribution is -2.38. The van der Waals surface area contributed by atoms with E-state index in [1.165, 1.54) is 13.2 Å². The van der Waals surface area contributed by atoms with Crippen molar-refractivity contribution in [1.82, 2.24) is 0 Å². The molecule has 6 heteroatoms. The molecule has 6 nitrogen and oxygen atoms in total. The fraction of sp³-hybridized carbons (Fsp3) is 0.600. The zero-order valence-electron chi connectivity index (χ0n) is 13.1. The Labute approximate surface area is 124 Å². The topological polar surface area (TPSA) is 73.6 Å². The van der Waals surface area contributed by atoms with Crippen LogP contribution in [0.3, 0.4) is 0 Å². The fourth-order valence-electron chi connectivity index (χ4n) is 2.91. The first-order chi connectivity index (χ1) is 9.64. The molecule has 116 valence electrons. The van der Waals surface area contributed by atoms with Gasteiger partial charge in [-0.1, -0.05) is 0 Å². The minimum atomic E-state index is -0.440. The largest absolute Gasteiger partial charge is 0.490 e. The van der Waals surface area contributed by atoms with Crippen molar-refractivity contribution in [2.75, 3.05) is 12.4 Å². The van der Waals surface area contributed by atoms with Crippen LogP contribution in [0, 0.1) is 10.1 Å². The van der Waals surface area contributed by atoms with E-state index in [-0.39, 0.29) is 28.7 Å². The molecule has 1 aliphatic heterocycles. The minimum absolute atomic E-state index is 0.0431. The van der Waals surface area contributed by atoms with Crippen molar-refractivity contribution in [1.29, 1.82) is 0 Å². The molecule has 0 aliphatic carbocycles. The lowest BCUT2D eigenvalue weighted by atomic mass is 9.94. The average molecular weight is 294 g/mol. The molecule has 1 heterocycles. The van der Waals surface area contributed by atoms with Gasteiger partial charge in [0.1, 0.15) is 0 Å². The van der Waals surface area contributed by atoms with Gasteiger partial charge in [0.25, 0.3) is 0 Å². The first-order valence-electron chi connectivity index (χ1n) is 6.94. The van der Waals surface area contributed by atoms with E-state index in [4.69, 9.17) is 9.47 Å². The van der Waals surface area contributed by atoms with Gasteiger partial charge in [0.2, 0.25) is 0 Å². The Kier molecular flexibility index (Phi) is 3.84. The number of nitrogens with zero attached hydrogens (tertiary/aromatic N) is 1. The second-order valence-corrected chi connectivity index (χ2v) is 6.51. The number of rotatable bonds is 4. The number of hydrogen-bond acceptors (Lipinski definition) is 5. The van der Waals surface area contributed by atoms with Crippen LogP contribution < -0.4 is 10.1 Å². The molecule has 1 atom stereocenters. The van der Waals surface area contributed by atoms with E-state index in [1.54, 1.807) is 12.1 Å². The molecule has 1 aliphatic rings. The van der Waals surface area contributed by atoms with E-state index >= 15 is 0 Å². The molecule has 1 N–H and O–H groups in total. The van der Waals surface area contributed by atoms with Crippen LogP contribution >= 0.6 is 0 Å². The highest BCUT2D eigenvalue weighted by atomic mass is 16.6. The highest BCUT2D eigenvalue weighted by Crippen LogP contribution is 2.39. The molecular weight excluding hydrogens is 272 g/mol. The molecule has 0 saturated carbocycles. The zero-order valence-corrected chi connectivity index (χ0v) is 13.1. The summed E-state index contributed by atoms with van der Waals surface area (Å²) in [6.45, 7) is 8.15. The van der Waals surface area contributed by atoms with Gasteiger partial charge >= 0.3 is 5.69 Å². The predicted molar refractivity (Wildman–Crippen MR) is 80.9 cm³/mol. The number of nitrogens with one attached hydrogen (secondary N) is 1. The molecule has 21 heavy (non-hydrogen) atoms. The molecule has 1 aromatic rings. The highest BCUT2D eigenvalue weighted by Gasteiger charge is 2.45. The van der Waals surface area contributed by atoms with Crippen molar-refractivity contribution in [3.05, 3.63) is 28.3 Å². The maximum absolute atomic E-state index is 11.1. The lowest BCUT2D eigenvalue weighted by molar-refractivity contribution is -0.385. The van der Waals surface area contributed by atoms with Crippen LogP contribution in [0.25, 0.3) is 0 Å². The van der Waals surface area contributed by atoms with E-state index in [2.05, 4.69) is 5.32 Å². The van der Waals surface area contributed by atoms with E-state index in [0.717, 1.165) is 6.42 Å². The third-order valence-corrected chi connectivity index (χ3v) is 3.79. The van der Waals surface area contributed by atoms with Gasteiger partial charge in [-0.2, -0.15) is 0 Å². The molecule has 0 amide bonds. The zero-order chi connectivity index (χ0) is 15.8. The Balaban J connectivity index is 2.24. The summed E-state index contributed by atoms with van der Waals surface area (Å²) in [4.78, 5) is 10.6. The summed E-state index contributed by atoms with van der Waals surface area (Å²) in [7, 11) is 1.42. The van der Waals surface area contributed by atoms with Gasteiger partial charge in [0.15, 0.2) is 5.75 Å². The minimum Gasteiger partial charge on any atom is -0.490 e. The number of methoxy groups -OCH3 is 1. The van der Waals surface area contributed by atoms with Crippen molar-refractivity contribution in [3.63, 3.8) is 0 Å². The van der Waals surface area contributed by atoms with E-state index in [0.29, 0.717) is 5.69 Å². The molecule has 1 aromatic carbocycles. The molecule has 0 aromatic heterocycles. The Morgan fingerprint density at radius 3 is 2.52 bits per heavy atom. The standard InChI is InChI=1S/C15H22N2O4/c1-14(2)9-13(15(3,4)21-14)16-10-6-7-12(20-5)11(8-10)17(18)19/h6-8,13,16H,9H2,1-5H3. The monoisotopic (exact) mass is 294 g/mol. The van der Waals surface area contributed by atoms with Crippen LogP contribution in [0.2, 0.25) is 0 Å². The van der Waals surface area contributed by atoms with Crippen LogP contribution in [0.5, 0.6) is 5.75 Å². The molecule has 0 spiro atoms. The van der Waals surface area contributed by atoms with Gasteiger partial charge in [0, 0.05) is 11.8 Å². The van der Waals surface area contributed by atoms with Crippen molar-refractivity contribution in [3.8, 4) is 5.75 Å². The first kappa shape index (κ1) is 15.6. The van der Waals surface area contributed by atoms with Crippen LogP contribution in [-0.2, 0) is 4.74 Å². The van der Waals surface area contributed by atoms with Gasteiger partial charge in [-0.25, -0.2) is 0 Å². The summed E-state index contributed by atoms with van der Waals surface area (Å²) in [6.07, 6.45) is 0.833. The summed E-state index contributed by atoms with van der Waals surface area (Å²) < 4.78 is 11.0. The number of nitro groups is 1. The third kappa shape index (κ3) is 3.26. The Hall–Kier alpha value is -1.82. The Morgan fingerprint density at radius 1 is 1.38 bits per heavy atom. The molecule has 1 saturated heterocycles. The molecule has 1 unspecified atom stereocenters. The van der Waals surface area contributed by atoms with Gasteiger partial charge in [0.05, 0.1) is 29.3 Å². The summed E-state index contributed by atoms with van der Waals surface area (Å²) in [5.74, 6) is 0.257.